The first-order chi connectivity index (χ1) is 8.64. The van der Waals surface area contributed by atoms with Crippen molar-refractivity contribution in [2.24, 2.45) is 0 Å². The summed E-state index contributed by atoms with van der Waals surface area (Å²) in [6.45, 7) is 6.70. The quantitative estimate of drug-likeness (QED) is 0.230. The molecule has 0 aromatic heterocycles. The van der Waals surface area contributed by atoms with Crippen molar-refractivity contribution in [1.82, 2.24) is 0 Å². The van der Waals surface area contributed by atoms with Crippen molar-refractivity contribution in [3.63, 3.8) is 0 Å². The topological polar surface area (TPSA) is 26.3 Å². The molecule has 18 heavy (non-hydrogen) atoms. The predicted octanol–water partition coefficient (Wildman–Crippen LogP) is 5.31. The zero-order valence-corrected chi connectivity index (χ0v) is 17.3. The molecule has 0 aromatic carbocycles. The Labute approximate surface area is 131 Å². The summed E-state index contributed by atoms with van der Waals surface area (Å²) >= 11 is -0.501. The van der Waals surface area contributed by atoms with E-state index in [4.69, 9.17) is 3.07 Å². The van der Waals surface area contributed by atoms with E-state index in [-0.39, 0.29) is 5.97 Å². The molecule has 0 unspecified atom stereocenters. The number of carbonyl (C=O) groups is 1. The number of carbonyl (C=O) groups excluding carboxylic acids is 1. The number of halogens is 1. The Morgan fingerprint density at radius 3 is 1.61 bits per heavy atom. The van der Waals surface area contributed by atoms with Gasteiger partial charge < -0.3 is 0 Å². The molecule has 0 saturated carbocycles. The van der Waals surface area contributed by atoms with Gasteiger partial charge in [-0.05, 0) is 0 Å². The van der Waals surface area contributed by atoms with Crippen LogP contribution in [0.3, 0.4) is 0 Å². The maximum absolute atomic E-state index is 11.7. The van der Waals surface area contributed by atoms with Gasteiger partial charge in [0.25, 0.3) is 0 Å². The molecule has 0 aliphatic heterocycles. The van der Waals surface area contributed by atoms with Gasteiger partial charge in [0, 0.05) is 0 Å². The molecule has 0 aliphatic carbocycles. The summed E-state index contributed by atoms with van der Waals surface area (Å²) in [4.78, 5) is 11.7. The number of hydrogen-bond acceptors (Lipinski definition) is 2. The van der Waals surface area contributed by atoms with E-state index in [1.54, 1.807) is 0 Å². The normalized spacial score (nSPS) is 11.6. The fourth-order valence-corrected chi connectivity index (χ4v) is 16.4. The first kappa shape index (κ1) is 19.0. The van der Waals surface area contributed by atoms with Crippen LogP contribution < -0.4 is 0 Å². The molecule has 0 spiro atoms. The van der Waals surface area contributed by atoms with Gasteiger partial charge in [0.2, 0.25) is 0 Å². The van der Waals surface area contributed by atoms with E-state index >= 15 is 0 Å². The molecule has 0 atom stereocenters. The van der Waals surface area contributed by atoms with E-state index in [1.165, 1.54) is 51.8 Å². The van der Waals surface area contributed by atoms with Gasteiger partial charge in [0.1, 0.15) is 0 Å². The number of hydrogen-bond donors (Lipinski definition) is 0. The van der Waals surface area contributed by atoms with Crippen molar-refractivity contribution >= 4 is 47.4 Å². The minimum atomic E-state index is -2.63. The van der Waals surface area contributed by atoms with Crippen LogP contribution in [-0.4, -0.2) is 29.2 Å². The van der Waals surface area contributed by atoms with Crippen molar-refractivity contribution in [3.8, 4) is 0 Å². The molecule has 4 heteroatoms. The molecule has 108 valence electrons. The van der Waals surface area contributed by atoms with Gasteiger partial charge in [0.05, 0.1) is 0 Å². The third-order valence-electron chi connectivity index (χ3n) is 3.40. The van der Waals surface area contributed by atoms with Crippen molar-refractivity contribution in [2.75, 3.05) is 4.43 Å². The zero-order chi connectivity index (χ0) is 13.9. The number of alkyl halides is 1. The Hall–Kier alpha value is 0.999. The van der Waals surface area contributed by atoms with Crippen LogP contribution in [0.5, 0.6) is 0 Å². The molecule has 0 radical (unpaired) electrons. The van der Waals surface area contributed by atoms with Crippen molar-refractivity contribution < 1.29 is 7.87 Å². The molecule has 0 aliphatic rings. The van der Waals surface area contributed by atoms with Crippen molar-refractivity contribution in [2.45, 2.75) is 72.6 Å². The van der Waals surface area contributed by atoms with Crippen LogP contribution in [-0.2, 0) is 7.87 Å². The van der Waals surface area contributed by atoms with Crippen LogP contribution in [0, 0.1) is 0 Å². The van der Waals surface area contributed by atoms with Crippen LogP contribution in [0.4, 0.5) is 0 Å². The molecule has 0 bridgehead atoms. The second-order valence-corrected chi connectivity index (χ2v) is 17.5. The summed E-state index contributed by atoms with van der Waals surface area (Å²) < 4.78 is 10.3. The van der Waals surface area contributed by atoms with Crippen LogP contribution in [0.25, 0.3) is 0 Å². The van der Waals surface area contributed by atoms with Crippen LogP contribution in [0.2, 0.25) is 13.3 Å². The molecule has 0 rings (SSSR count). The van der Waals surface area contributed by atoms with E-state index in [9.17, 15) is 4.79 Å². The standard InChI is InChI=1S/3C4H9.C2H3IO2.Sn/c3*1-3-4-2;3-1-2(4)5;/h3*1,3-4H2,2H3;1H2,(H,4,5);/q;;;;+1/p-1. The average molecular weight is 475 g/mol. The van der Waals surface area contributed by atoms with Crippen molar-refractivity contribution in [1.29, 1.82) is 0 Å². The van der Waals surface area contributed by atoms with Crippen LogP contribution >= 0.6 is 22.6 Å². The third-order valence-corrected chi connectivity index (χ3v) is 16.7. The third kappa shape index (κ3) is 8.23. The summed E-state index contributed by atoms with van der Waals surface area (Å²) in [5.41, 5.74) is 0. The van der Waals surface area contributed by atoms with Crippen LogP contribution in [0.1, 0.15) is 59.3 Å². The van der Waals surface area contributed by atoms with Gasteiger partial charge >= 0.3 is 132 Å². The first-order valence-electron chi connectivity index (χ1n) is 7.42. The van der Waals surface area contributed by atoms with Gasteiger partial charge in [-0.15, -0.1) is 0 Å². The van der Waals surface area contributed by atoms with E-state index in [0.717, 1.165) is 0 Å². The number of rotatable bonds is 11. The molecular weight excluding hydrogens is 446 g/mol. The molecule has 0 aromatic rings. The van der Waals surface area contributed by atoms with E-state index in [0.29, 0.717) is 4.43 Å². The molecule has 0 amide bonds. The summed E-state index contributed by atoms with van der Waals surface area (Å²) in [6, 6.07) is 0. The maximum atomic E-state index is 11.7. The van der Waals surface area contributed by atoms with Crippen LogP contribution in [0.15, 0.2) is 0 Å². The van der Waals surface area contributed by atoms with Crippen molar-refractivity contribution in [3.05, 3.63) is 0 Å². The van der Waals surface area contributed by atoms with Gasteiger partial charge in [-0.2, -0.15) is 0 Å². The minimum absolute atomic E-state index is 0.0507. The summed E-state index contributed by atoms with van der Waals surface area (Å²) in [5, 5.41) is 0. The van der Waals surface area contributed by atoms with Gasteiger partial charge in [-0.1, -0.05) is 0 Å². The summed E-state index contributed by atoms with van der Waals surface area (Å²) in [6.07, 6.45) is 7.41. The predicted molar refractivity (Wildman–Crippen MR) is 89.9 cm³/mol. The molecule has 0 fully saturated rings. The van der Waals surface area contributed by atoms with E-state index < -0.39 is 18.8 Å². The Balaban J connectivity index is 4.66. The summed E-state index contributed by atoms with van der Waals surface area (Å²) in [7, 11) is 0. The molecule has 0 heterocycles. The van der Waals surface area contributed by atoms with Gasteiger partial charge in [0.15, 0.2) is 0 Å². The fourth-order valence-electron chi connectivity index (χ4n) is 2.29. The Bertz CT molecular complexity index is 200. The van der Waals surface area contributed by atoms with Gasteiger partial charge in [-0.25, -0.2) is 0 Å². The second-order valence-electron chi connectivity index (χ2n) is 5.10. The fraction of sp³-hybridized carbons (Fsp3) is 0.929. The first-order valence-corrected chi connectivity index (χ1v) is 16.2. The molecule has 0 N–H and O–H groups in total. The molecule has 2 nitrogen and oxygen atoms in total. The van der Waals surface area contributed by atoms with Gasteiger partial charge in [-0.3, -0.25) is 0 Å². The summed E-state index contributed by atoms with van der Waals surface area (Å²) in [5.74, 6) is 0.0507. The zero-order valence-electron chi connectivity index (χ0n) is 12.3. The number of unbranched alkanes of at least 4 members (excludes halogenated alkanes) is 3. The Morgan fingerprint density at radius 1 is 0.944 bits per heavy atom. The van der Waals surface area contributed by atoms with E-state index in [2.05, 4.69) is 43.4 Å². The molecule has 0 saturated heterocycles. The SMILES string of the molecule is CCC[CH2][Sn]([CH2]CCC)([CH2]CCC)[O]C(=O)CI. The average Bonchev–Trinajstić information content (AvgIpc) is 2.40. The second kappa shape index (κ2) is 11.8. The van der Waals surface area contributed by atoms with E-state index in [1.807, 2.05) is 0 Å². The Morgan fingerprint density at radius 2 is 1.33 bits per heavy atom. The monoisotopic (exact) mass is 476 g/mol. The molecular formula is C14H29IO2Sn. The Kier molecular flexibility index (Phi) is 12.4.